The van der Waals surface area contributed by atoms with Crippen molar-refractivity contribution in [3.8, 4) is 0 Å². The maximum absolute atomic E-state index is 6.31. The molecule has 0 aliphatic carbocycles. The monoisotopic (exact) mass is 296 g/mol. The lowest BCUT2D eigenvalue weighted by Crippen LogP contribution is -2.50. The molecule has 0 bridgehead atoms. The summed E-state index contributed by atoms with van der Waals surface area (Å²) in [6.07, 6.45) is 2.80. The molecule has 2 heterocycles. The lowest BCUT2D eigenvalue weighted by Gasteiger charge is -2.36. The van der Waals surface area contributed by atoms with Crippen LogP contribution in [0, 0.1) is 0 Å². The molecule has 2 aromatic rings. The van der Waals surface area contributed by atoms with Gasteiger partial charge in [0.25, 0.3) is 0 Å². The van der Waals surface area contributed by atoms with Crippen LogP contribution in [0.15, 0.2) is 54.7 Å². The molecule has 1 aliphatic rings. The molecule has 1 saturated heterocycles. The third kappa shape index (κ3) is 4.06. The van der Waals surface area contributed by atoms with Crippen molar-refractivity contribution in [3.63, 3.8) is 0 Å². The first-order chi connectivity index (χ1) is 10.8. The van der Waals surface area contributed by atoms with E-state index in [0.29, 0.717) is 0 Å². The number of nitrogens with zero attached hydrogens (tertiary/aromatic N) is 3. The van der Waals surface area contributed by atoms with E-state index in [9.17, 15) is 0 Å². The average molecular weight is 296 g/mol. The topological polar surface area (TPSA) is 45.4 Å². The summed E-state index contributed by atoms with van der Waals surface area (Å²) in [4.78, 5) is 9.24. The van der Waals surface area contributed by atoms with Gasteiger partial charge in [0, 0.05) is 45.0 Å². The van der Waals surface area contributed by atoms with Gasteiger partial charge in [-0.2, -0.15) is 0 Å². The van der Waals surface area contributed by atoms with Gasteiger partial charge in [-0.15, -0.1) is 0 Å². The minimum atomic E-state index is 0.198. The van der Waals surface area contributed by atoms with Crippen LogP contribution >= 0.6 is 0 Å². The molecule has 1 fully saturated rings. The second-order valence-electron chi connectivity index (χ2n) is 5.93. The summed E-state index contributed by atoms with van der Waals surface area (Å²) in [6, 6.07) is 16.8. The van der Waals surface area contributed by atoms with Crippen molar-refractivity contribution >= 4 is 5.82 Å². The quantitative estimate of drug-likeness (QED) is 0.913. The van der Waals surface area contributed by atoms with Crippen molar-refractivity contribution in [2.75, 3.05) is 37.6 Å². The maximum Gasteiger partial charge on any atom is 0.128 e. The number of pyridine rings is 1. The van der Waals surface area contributed by atoms with E-state index in [-0.39, 0.29) is 6.04 Å². The Morgan fingerprint density at radius 3 is 2.36 bits per heavy atom. The Kier molecular flexibility index (Phi) is 5.03. The molecule has 1 aromatic heterocycles. The summed E-state index contributed by atoms with van der Waals surface area (Å²) in [5.74, 6) is 1.08. The first kappa shape index (κ1) is 15.0. The van der Waals surface area contributed by atoms with Crippen molar-refractivity contribution in [1.82, 2.24) is 9.88 Å². The molecule has 4 nitrogen and oxygen atoms in total. The van der Waals surface area contributed by atoms with E-state index in [1.807, 2.05) is 24.4 Å². The van der Waals surface area contributed by atoms with E-state index >= 15 is 0 Å². The van der Waals surface area contributed by atoms with Crippen LogP contribution in [0.25, 0.3) is 0 Å². The number of rotatable bonds is 5. The summed E-state index contributed by atoms with van der Waals surface area (Å²) >= 11 is 0. The Morgan fingerprint density at radius 2 is 1.68 bits per heavy atom. The van der Waals surface area contributed by atoms with Gasteiger partial charge in [0.05, 0.1) is 0 Å². The van der Waals surface area contributed by atoms with Gasteiger partial charge in [-0.3, -0.25) is 4.90 Å². The van der Waals surface area contributed by atoms with Crippen LogP contribution in [-0.4, -0.2) is 48.6 Å². The summed E-state index contributed by atoms with van der Waals surface area (Å²) in [6.45, 7) is 5.12. The van der Waals surface area contributed by atoms with Crippen molar-refractivity contribution in [1.29, 1.82) is 0 Å². The van der Waals surface area contributed by atoms with Crippen molar-refractivity contribution < 1.29 is 0 Å². The Morgan fingerprint density at radius 1 is 0.955 bits per heavy atom. The molecule has 4 heteroatoms. The SMILES string of the molecule is NC(Cc1ccccc1)CN1CCN(c2ccccn2)CC1. The van der Waals surface area contributed by atoms with Crippen LogP contribution in [0.1, 0.15) is 5.56 Å². The molecule has 1 aromatic carbocycles. The molecule has 116 valence electrons. The number of aromatic nitrogens is 1. The lowest BCUT2D eigenvalue weighted by atomic mass is 10.1. The standard InChI is InChI=1S/C18H24N4/c19-17(14-16-6-2-1-3-7-16)15-21-10-12-22(13-11-21)18-8-4-5-9-20-18/h1-9,17H,10-15,19H2. The number of hydrogen-bond donors (Lipinski definition) is 1. The fraction of sp³-hybridized carbons (Fsp3) is 0.389. The zero-order valence-corrected chi connectivity index (χ0v) is 12.9. The van der Waals surface area contributed by atoms with E-state index in [2.05, 4.69) is 45.1 Å². The zero-order valence-electron chi connectivity index (χ0n) is 12.9. The van der Waals surface area contributed by atoms with Crippen LogP contribution in [0.2, 0.25) is 0 Å². The smallest absolute Gasteiger partial charge is 0.128 e. The molecule has 3 rings (SSSR count). The molecule has 1 unspecified atom stereocenters. The van der Waals surface area contributed by atoms with Crippen LogP contribution in [0.5, 0.6) is 0 Å². The van der Waals surface area contributed by atoms with E-state index < -0.39 is 0 Å². The molecule has 0 amide bonds. The molecule has 1 atom stereocenters. The largest absolute Gasteiger partial charge is 0.354 e. The molecular formula is C18H24N4. The fourth-order valence-electron chi connectivity index (χ4n) is 3.01. The Bertz CT molecular complexity index is 550. The van der Waals surface area contributed by atoms with Gasteiger partial charge < -0.3 is 10.6 Å². The minimum absolute atomic E-state index is 0.198. The first-order valence-corrected chi connectivity index (χ1v) is 7.99. The van der Waals surface area contributed by atoms with Crippen molar-refractivity contribution in [3.05, 3.63) is 60.3 Å². The molecular weight excluding hydrogens is 272 g/mol. The highest BCUT2D eigenvalue weighted by Crippen LogP contribution is 2.13. The van der Waals surface area contributed by atoms with Gasteiger partial charge in [0.2, 0.25) is 0 Å². The van der Waals surface area contributed by atoms with Crippen LogP contribution in [0.3, 0.4) is 0 Å². The zero-order chi connectivity index (χ0) is 15.2. The van der Waals surface area contributed by atoms with E-state index in [1.54, 1.807) is 0 Å². The molecule has 0 spiro atoms. The van der Waals surface area contributed by atoms with E-state index in [0.717, 1.165) is 45.0 Å². The molecule has 0 saturated carbocycles. The predicted octanol–water partition coefficient (Wildman–Crippen LogP) is 1.77. The minimum Gasteiger partial charge on any atom is -0.354 e. The molecule has 0 radical (unpaired) electrons. The van der Waals surface area contributed by atoms with E-state index in [4.69, 9.17) is 5.73 Å². The highest BCUT2D eigenvalue weighted by atomic mass is 15.3. The lowest BCUT2D eigenvalue weighted by molar-refractivity contribution is 0.241. The molecule has 1 aliphatic heterocycles. The second kappa shape index (κ2) is 7.38. The summed E-state index contributed by atoms with van der Waals surface area (Å²) in [5.41, 5.74) is 7.64. The number of benzene rings is 1. The van der Waals surface area contributed by atoms with Gasteiger partial charge >= 0.3 is 0 Å². The van der Waals surface area contributed by atoms with Crippen LogP contribution in [0.4, 0.5) is 5.82 Å². The normalized spacial score (nSPS) is 17.4. The third-order valence-electron chi connectivity index (χ3n) is 4.18. The van der Waals surface area contributed by atoms with Gasteiger partial charge in [-0.05, 0) is 24.1 Å². The predicted molar refractivity (Wildman–Crippen MR) is 91.0 cm³/mol. The van der Waals surface area contributed by atoms with Crippen molar-refractivity contribution in [2.24, 2.45) is 5.73 Å². The second-order valence-corrected chi connectivity index (χ2v) is 5.93. The Balaban J connectivity index is 1.46. The number of anilines is 1. The van der Waals surface area contributed by atoms with Gasteiger partial charge in [0.15, 0.2) is 0 Å². The summed E-state index contributed by atoms with van der Waals surface area (Å²) in [5, 5.41) is 0. The Hall–Kier alpha value is -1.91. The first-order valence-electron chi connectivity index (χ1n) is 7.99. The summed E-state index contributed by atoms with van der Waals surface area (Å²) < 4.78 is 0. The van der Waals surface area contributed by atoms with Crippen molar-refractivity contribution in [2.45, 2.75) is 12.5 Å². The third-order valence-corrected chi connectivity index (χ3v) is 4.18. The van der Waals surface area contributed by atoms with Gasteiger partial charge in [-0.1, -0.05) is 36.4 Å². The fourth-order valence-corrected chi connectivity index (χ4v) is 3.01. The number of nitrogens with two attached hydrogens (primary N) is 1. The summed E-state index contributed by atoms with van der Waals surface area (Å²) in [7, 11) is 0. The van der Waals surface area contributed by atoms with Gasteiger partial charge in [0.1, 0.15) is 5.82 Å². The number of hydrogen-bond acceptors (Lipinski definition) is 4. The Labute approximate surface area is 132 Å². The molecule has 22 heavy (non-hydrogen) atoms. The molecule has 2 N–H and O–H groups in total. The van der Waals surface area contributed by atoms with Gasteiger partial charge in [-0.25, -0.2) is 4.98 Å². The highest BCUT2D eigenvalue weighted by Gasteiger charge is 2.19. The average Bonchev–Trinajstić information content (AvgIpc) is 2.57. The maximum atomic E-state index is 6.31. The highest BCUT2D eigenvalue weighted by molar-refractivity contribution is 5.38. The number of piperazine rings is 1. The van der Waals surface area contributed by atoms with Crippen LogP contribution < -0.4 is 10.6 Å². The van der Waals surface area contributed by atoms with E-state index in [1.165, 1.54) is 5.56 Å². The van der Waals surface area contributed by atoms with Crippen LogP contribution in [-0.2, 0) is 6.42 Å².